The summed E-state index contributed by atoms with van der Waals surface area (Å²) in [6, 6.07) is 16.5. The van der Waals surface area contributed by atoms with Crippen molar-refractivity contribution in [2.24, 2.45) is 0 Å². The van der Waals surface area contributed by atoms with Crippen LogP contribution in [0.25, 0.3) is 0 Å². The molecule has 4 rings (SSSR count). The second-order valence-electron chi connectivity index (χ2n) is 8.07. The van der Waals surface area contributed by atoms with Gasteiger partial charge >= 0.3 is 13.2 Å². The Kier molecular flexibility index (Phi) is 8.81. The molecular formula is C26H19F4N3O5S. The van der Waals surface area contributed by atoms with E-state index < -0.39 is 35.6 Å². The molecule has 0 aliphatic rings. The largest absolute Gasteiger partial charge is 0.619 e. The number of nitro benzene ring substituents is 1. The van der Waals surface area contributed by atoms with E-state index in [1.54, 1.807) is 42.6 Å². The average Bonchev–Trinajstić information content (AvgIpc) is 2.90. The van der Waals surface area contributed by atoms with Gasteiger partial charge in [0.05, 0.1) is 4.92 Å². The number of ether oxygens (including phenoxy) is 2. The highest BCUT2D eigenvalue weighted by molar-refractivity contribution is 7.99. The van der Waals surface area contributed by atoms with Crippen LogP contribution in [0, 0.1) is 15.3 Å². The number of hydrogen-bond donors (Lipinski definition) is 0. The van der Waals surface area contributed by atoms with Gasteiger partial charge in [-0.1, -0.05) is 23.9 Å². The molecule has 0 N–H and O–H groups in total. The van der Waals surface area contributed by atoms with Crippen molar-refractivity contribution in [2.45, 2.75) is 35.5 Å². The van der Waals surface area contributed by atoms with E-state index in [9.17, 15) is 32.9 Å². The fourth-order valence-corrected chi connectivity index (χ4v) is 4.54. The van der Waals surface area contributed by atoms with Crippen molar-refractivity contribution in [1.82, 2.24) is 4.98 Å². The Labute approximate surface area is 223 Å². The van der Waals surface area contributed by atoms with E-state index in [1.165, 1.54) is 48.4 Å². The zero-order chi connectivity index (χ0) is 27.9. The first-order valence-corrected chi connectivity index (χ1v) is 12.1. The fraction of sp³-hybridized carbons (Fsp3) is 0.154. The third-order valence-electron chi connectivity index (χ3n) is 5.54. The van der Waals surface area contributed by atoms with Gasteiger partial charge in [-0.15, -0.1) is 0 Å². The molecule has 0 radical (unpaired) electrons. The van der Waals surface area contributed by atoms with Crippen LogP contribution in [-0.2, 0) is 6.42 Å². The summed E-state index contributed by atoms with van der Waals surface area (Å²) in [5.41, 5.74) is 1.85. The van der Waals surface area contributed by atoms with E-state index in [0.717, 1.165) is 16.5 Å². The maximum Gasteiger partial charge on any atom is 0.387 e. The first-order chi connectivity index (χ1) is 18.7. The van der Waals surface area contributed by atoms with E-state index in [-0.39, 0.29) is 5.69 Å². The van der Waals surface area contributed by atoms with Crippen molar-refractivity contribution in [3.8, 4) is 11.5 Å². The second-order valence-corrected chi connectivity index (χ2v) is 9.16. The number of pyridine rings is 2. The number of rotatable bonds is 11. The molecule has 0 bridgehead atoms. The number of nitrogens with zero attached hydrogens (tertiary/aromatic N) is 3. The van der Waals surface area contributed by atoms with Gasteiger partial charge in [0.1, 0.15) is 5.03 Å². The predicted octanol–water partition coefficient (Wildman–Crippen LogP) is 6.35. The smallest absolute Gasteiger partial charge is 0.387 e. The van der Waals surface area contributed by atoms with Crippen LogP contribution >= 0.6 is 11.8 Å². The molecule has 0 spiro atoms. The molecule has 2 aromatic carbocycles. The Morgan fingerprint density at radius 3 is 2.10 bits per heavy atom. The van der Waals surface area contributed by atoms with Gasteiger partial charge in [0.2, 0.25) is 0 Å². The maximum atomic E-state index is 13.0. The fourth-order valence-electron chi connectivity index (χ4n) is 3.78. The molecule has 8 nitrogen and oxygen atoms in total. The van der Waals surface area contributed by atoms with Crippen molar-refractivity contribution < 1.29 is 36.7 Å². The molecule has 2 aromatic heterocycles. The van der Waals surface area contributed by atoms with Gasteiger partial charge in [0.15, 0.2) is 23.9 Å². The summed E-state index contributed by atoms with van der Waals surface area (Å²) in [5.74, 6) is -1.57. The number of benzene rings is 2. The van der Waals surface area contributed by atoms with Gasteiger partial charge in [-0.2, -0.15) is 22.3 Å². The lowest BCUT2D eigenvalue weighted by molar-refractivity contribution is -0.605. The van der Waals surface area contributed by atoms with Crippen molar-refractivity contribution in [1.29, 1.82) is 0 Å². The summed E-state index contributed by atoms with van der Waals surface area (Å²) in [6.45, 7) is -6.50. The third-order valence-corrected chi connectivity index (χ3v) is 6.50. The van der Waals surface area contributed by atoms with Gasteiger partial charge < -0.3 is 14.7 Å². The van der Waals surface area contributed by atoms with Crippen molar-refractivity contribution in [2.75, 3.05) is 0 Å². The molecule has 0 aliphatic carbocycles. The first-order valence-electron chi connectivity index (χ1n) is 11.3. The summed E-state index contributed by atoms with van der Waals surface area (Å²) in [4.78, 5) is 15.6. The lowest BCUT2D eigenvalue weighted by atomic mass is 9.87. The Morgan fingerprint density at radius 2 is 1.51 bits per heavy atom. The molecule has 1 atom stereocenters. The van der Waals surface area contributed by atoms with Crippen molar-refractivity contribution >= 4 is 17.4 Å². The maximum absolute atomic E-state index is 13.0. The molecule has 0 saturated carbocycles. The van der Waals surface area contributed by atoms with E-state index in [4.69, 9.17) is 0 Å². The van der Waals surface area contributed by atoms with Crippen LogP contribution in [-0.4, -0.2) is 23.1 Å². The zero-order valence-electron chi connectivity index (χ0n) is 19.8. The molecule has 0 fully saturated rings. The van der Waals surface area contributed by atoms with E-state index >= 15 is 0 Å². The minimum atomic E-state index is -3.27. The van der Waals surface area contributed by atoms with Crippen LogP contribution in [0.15, 0.2) is 95.2 Å². The van der Waals surface area contributed by atoms with Crippen LogP contribution in [0.4, 0.5) is 23.2 Å². The highest BCUT2D eigenvalue weighted by atomic mass is 32.2. The number of aromatic nitrogens is 2. The van der Waals surface area contributed by atoms with Gasteiger partial charge in [-0.05, 0) is 53.4 Å². The quantitative estimate of drug-likeness (QED) is 0.0691. The Bertz CT molecular complexity index is 1410. The predicted molar refractivity (Wildman–Crippen MR) is 132 cm³/mol. The minimum Gasteiger partial charge on any atom is -0.619 e. The highest BCUT2D eigenvalue weighted by Crippen LogP contribution is 2.37. The molecule has 0 saturated heterocycles. The molecule has 4 aromatic rings. The zero-order valence-corrected chi connectivity index (χ0v) is 20.6. The van der Waals surface area contributed by atoms with Crippen LogP contribution in [0.3, 0.4) is 0 Å². The molecule has 202 valence electrons. The summed E-state index contributed by atoms with van der Waals surface area (Å²) < 4.78 is 61.0. The number of alkyl halides is 4. The second kappa shape index (κ2) is 12.4. The van der Waals surface area contributed by atoms with Gasteiger partial charge in [0.25, 0.3) is 5.69 Å². The number of nitro groups is 1. The molecular weight excluding hydrogens is 542 g/mol. The van der Waals surface area contributed by atoms with Gasteiger partial charge in [-0.25, -0.2) is 4.98 Å². The summed E-state index contributed by atoms with van der Waals surface area (Å²) in [7, 11) is 0. The molecule has 2 heterocycles. The summed E-state index contributed by atoms with van der Waals surface area (Å²) >= 11 is 1.28. The molecule has 39 heavy (non-hydrogen) atoms. The van der Waals surface area contributed by atoms with Crippen LogP contribution < -0.4 is 14.2 Å². The van der Waals surface area contributed by atoms with E-state index in [2.05, 4.69) is 14.5 Å². The molecule has 13 heteroatoms. The SMILES string of the molecule is O=[N+]([O-])c1ccc(Sc2ccc(C(Cc3cc[n+]([O-])cc3)c3ccc(OC(F)F)c(OC(F)F)c3)cn2)cc1. The third kappa shape index (κ3) is 7.57. The van der Waals surface area contributed by atoms with Crippen LogP contribution in [0.1, 0.15) is 22.6 Å². The van der Waals surface area contributed by atoms with E-state index in [1.807, 2.05) is 0 Å². The Morgan fingerprint density at radius 1 is 0.872 bits per heavy atom. The normalized spacial score (nSPS) is 11.9. The topological polar surface area (TPSA) is 101 Å². The highest BCUT2D eigenvalue weighted by Gasteiger charge is 2.21. The van der Waals surface area contributed by atoms with Crippen molar-refractivity contribution in [3.05, 3.63) is 117 Å². The van der Waals surface area contributed by atoms with E-state index in [0.29, 0.717) is 27.3 Å². The number of non-ortho nitro benzene ring substituents is 1. The minimum absolute atomic E-state index is 0.0333. The lowest BCUT2D eigenvalue weighted by Crippen LogP contribution is -2.24. The number of hydrogen-bond acceptors (Lipinski definition) is 7. The van der Waals surface area contributed by atoms with Crippen LogP contribution in [0.5, 0.6) is 11.5 Å². The van der Waals surface area contributed by atoms with Gasteiger partial charge in [-0.3, -0.25) is 10.1 Å². The lowest BCUT2D eigenvalue weighted by Gasteiger charge is -2.20. The molecule has 0 amide bonds. The van der Waals surface area contributed by atoms with Crippen LogP contribution in [0.2, 0.25) is 0 Å². The monoisotopic (exact) mass is 561 g/mol. The molecule has 0 aliphatic heterocycles. The summed E-state index contributed by atoms with van der Waals surface area (Å²) in [6.07, 6.45) is 4.55. The van der Waals surface area contributed by atoms with Crippen molar-refractivity contribution in [3.63, 3.8) is 0 Å². The Balaban J connectivity index is 1.65. The Hall–Kier alpha value is -4.39. The number of halogens is 4. The average molecular weight is 562 g/mol. The first kappa shape index (κ1) is 27.6. The van der Waals surface area contributed by atoms with Gasteiger partial charge in [0, 0.05) is 41.3 Å². The summed E-state index contributed by atoms with van der Waals surface area (Å²) in [5, 5.41) is 22.9. The molecule has 1 unspecified atom stereocenters. The standard InChI is InChI=1S/C26H19F4N3O5S/c27-25(28)37-22-7-1-17(14-23(22)38-26(29)30)21(13-16-9-11-32(34)12-10-16)18-2-8-24(31-15-18)39-20-5-3-19(4-6-20)33(35)36/h1-12,14-15,21,25-26H,13H2.